The highest BCUT2D eigenvalue weighted by Gasteiger charge is 2.33. The first-order chi connectivity index (χ1) is 13.4. The largest absolute Gasteiger partial charge is 0.478 e. The van der Waals surface area contributed by atoms with Gasteiger partial charge in [0.1, 0.15) is 6.61 Å². The highest BCUT2D eigenvalue weighted by molar-refractivity contribution is 14.1. The quantitative estimate of drug-likeness (QED) is 0.365. The fraction of sp³-hybridized carbons (Fsp3) is 0.412. The molecule has 0 saturated heterocycles. The molecule has 1 rings (SSSR count). The molecule has 0 spiro atoms. The summed E-state index contributed by atoms with van der Waals surface area (Å²) in [5.41, 5.74) is 5.90. The van der Waals surface area contributed by atoms with E-state index in [4.69, 9.17) is 10.5 Å². The van der Waals surface area contributed by atoms with Gasteiger partial charge in [-0.25, -0.2) is 4.79 Å². The van der Waals surface area contributed by atoms with Gasteiger partial charge in [0.05, 0.1) is 30.0 Å². The standard InChI is InChI=1S/C17H20I3N3O6/c1-6(2)13(21)16(26)23(3)15(25)8-10(18)9(17(27)28)12(20)14(11(8)19)22-7(24)5-29-4/h6,13H,5,21H2,1-4H3,(H,22,24)(H,27,28). The summed E-state index contributed by atoms with van der Waals surface area (Å²) in [7, 11) is 2.64. The zero-order valence-electron chi connectivity index (χ0n) is 16.0. The second-order valence-corrected chi connectivity index (χ2v) is 9.56. The number of nitrogens with one attached hydrogen (secondary N) is 1. The number of halogens is 3. The molecule has 1 unspecified atom stereocenters. The Balaban J connectivity index is 3.62. The smallest absolute Gasteiger partial charge is 0.337 e. The van der Waals surface area contributed by atoms with Crippen molar-refractivity contribution in [1.82, 2.24) is 4.90 Å². The summed E-state index contributed by atoms with van der Waals surface area (Å²) in [6, 6.07) is -0.886. The number of aromatic carboxylic acids is 1. The molecule has 1 aromatic carbocycles. The van der Waals surface area contributed by atoms with Gasteiger partial charge >= 0.3 is 5.97 Å². The van der Waals surface area contributed by atoms with E-state index in [9.17, 15) is 24.3 Å². The third-order valence-electron chi connectivity index (χ3n) is 3.92. The molecule has 1 aromatic rings. The molecule has 4 N–H and O–H groups in total. The number of imide groups is 1. The molecular formula is C17H20I3N3O6. The van der Waals surface area contributed by atoms with Gasteiger partial charge in [-0.05, 0) is 73.7 Å². The van der Waals surface area contributed by atoms with Crippen LogP contribution in [0.3, 0.4) is 0 Å². The Kier molecular flexibility index (Phi) is 10.2. The van der Waals surface area contributed by atoms with Crippen molar-refractivity contribution < 1.29 is 29.0 Å². The van der Waals surface area contributed by atoms with Crippen LogP contribution in [0.2, 0.25) is 0 Å². The van der Waals surface area contributed by atoms with Crippen molar-refractivity contribution in [1.29, 1.82) is 0 Å². The zero-order valence-corrected chi connectivity index (χ0v) is 22.5. The summed E-state index contributed by atoms with van der Waals surface area (Å²) >= 11 is 5.41. The number of hydrogen-bond donors (Lipinski definition) is 3. The Morgan fingerprint density at radius 1 is 1.10 bits per heavy atom. The van der Waals surface area contributed by atoms with Crippen LogP contribution in [0.1, 0.15) is 34.6 Å². The van der Waals surface area contributed by atoms with Gasteiger partial charge in [-0.3, -0.25) is 19.3 Å². The first kappa shape index (κ1) is 26.4. The predicted molar refractivity (Wildman–Crippen MR) is 132 cm³/mol. The Morgan fingerprint density at radius 2 is 1.62 bits per heavy atom. The maximum Gasteiger partial charge on any atom is 0.337 e. The fourth-order valence-corrected chi connectivity index (χ4v) is 6.59. The van der Waals surface area contributed by atoms with Crippen LogP contribution in [0.15, 0.2) is 0 Å². The Bertz CT molecular complexity index is 860. The number of methoxy groups -OCH3 is 1. The fourth-order valence-electron chi connectivity index (χ4n) is 2.23. The molecular weight excluding hydrogens is 723 g/mol. The van der Waals surface area contributed by atoms with Crippen LogP contribution in [0.25, 0.3) is 0 Å². The van der Waals surface area contributed by atoms with E-state index in [2.05, 4.69) is 5.32 Å². The SMILES string of the molecule is COCC(=O)Nc1c(I)c(C(=O)O)c(I)c(C(=O)N(C)C(=O)C(N)C(C)C)c1I. The Morgan fingerprint density at radius 3 is 2.07 bits per heavy atom. The van der Waals surface area contributed by atoms with Crippen LogP contribution in [0.5, 0.6) is 0 Å². The molecule has 1 atom stereocenters. The van der Waals surface area contributed by atoms with Gasteiger partial charge < -0.3 is 20.9 Å². The summed E-state index contributed by atoms with van der Waals surface area (Å²) < 4.78 is 5.52. The molecule has 0 bridgehead atoms. The van der Waals surface area contributed by atoms with Crippen LogP contribution in [-0.4, -0.2) is 60.5 Å². The van der Waals surface area contributed by atoms with E-state index in [0.717, 1.165) is 4.90 Å². The highest BCUT2D eigenvalue weighted by atomic mass is 127. The van der Waals surface area contributed by atoms with Crippen molar-refractivity contribution in [2.75, 3.05) is 26.1 Å². The van der Waals surface area contributed by atoms with E-state index in [1.807, 2.05) is 22.6 Å². The summed E-state index contributed by atoms with van der Waals surface area (Å²) in [5, 5.41) is 12.2. The average Bonchev–Trinajstić information content (AvgIpc) is 2.62. The molecule has 0 aromatic heterocycles. The second kappa shape index (κ2) is 11.1. The summed E-state index contributed by atoms with van der Waals surface area (Å²) in [4.78, 5) is 50.4. The normalized spacial score (nSPS) is 11.9. The van der Waals surface area contributed by atoms with E-state index in [-0.39, 0.29) is 36.5 Å². The zero-order chi connectivity index (χ0) is 22.6. The summed E-state index contributed by atoms with van der Waals surface area (Å²) in [6.45, 7) is 3.27. The monoisotopic (exact) mass is 743 g/mol. The van der Waals surface area contributed by atoms with Gasteiger partial charge in [-0.15, -0.1) is 0 Å². The number of carboxylic acids is 1. The van der Waals surface area contributed by atoms with Crippen molar-refractivity contribution in [2.24, 2.45) is 11.7 Å². The van der Waals surface area contributed by atoms with E-state index in [1.54, 1.807) is 59.0 Å². The topological polar surface area (TPSA) is 139 Å². The van der Waals surface area contributed by atoms with Gasteiger partial charge in [0.2, 0.25) is 11.8 Å². The maximum absolute atomic E-state index is 13.1. The van der Waals surface area contributed by atoms with Gasteiger partial charge in [0.25, 0.3) is 5.91 Å². The number of hydrogen-bond acceptors (Lipinski definition) is 6. The minimum atomic E-state index is -1.26. The molecule has 12 heteroatoms. The third kappa shape index (κ3) is 5.98. The number of ether oxygens (including phenoxy) is 1. The van der Waals surface area contributed by atoms with Gasteiger partial charge in [0, 0.05) is 17.7 Å². The first-order valence-electron chi connectivity index (χ1n) is 8.16. The lowest BCUT2D eigenvalue weighted by Crippen LogP contribution is -2.47. The number of carbonyl (C=O) groups is 4. The Hall–Kier alpha value is -0.590. The number of benzene rings is 1. The van der Waals surface area contributed by atoms with Crippen LogP contribution >= 0.6 is 67.8 Å². The van der Waals surface area contributed by atoms with Gasteiger partial charge in [-0.1, -0.05) is 13.8 Å². The van der Waals surface area contributed by atoms with Gasteiger partial charge in [0.15, 0.2) is 0 Å². The predicted octanol–water partition coefficient (Wildman–Crippen LogP) is 2.37. The molecule has 9 nitrogen and oxygen atoms in total. The van der Waals surface area contributed by atoms with Crippen molar-refractivity contribution in [3.63, 3.8) is 0 Å². The maximum atomic E-state index is 13.1. The Labute approximate surface area is 208 Å². The summed E-state index contributed by atoms with van der Waals surface area (Å²) in [5.74, 6) is -3.26. The van der Waals surface area contributed by atoms with Crippen molar-refractivity contribution in [3.05, 3.63) is 21.8 Å². The molecule has 0 heterocycles. The van der Waals surface area contributed by atoms with Crippen LogP contribution in [0.4, 0.5) is 5.69 Å². The molecule has 0 saturated carbocycles. The lowest BCUT2D eigenvalue weighted by Gasteiger charge is -2.24. The van der Waals surface area contributed by atoms with E-state index < -0.39 is 29.7 Å². The van der Waals surface area contributed by atoms with Crippen LogP contribution < -0.4 is 11.1 Å². The van der Waals surface area contributed by atoms with Gasteiger partial charge in [-0.2, -0.15) is 0 Å². The molecule has 0 aliphatic rings. The van der Waals surface area contributed by atoms with Crippen molar-refractivity contribution in [3.8, 4) is 0 Å². The third-order valence-corrected chi connectivity index (χ3v) is 7.16. The number of carbonyl (C=O) groups excluding carboxylic acids is 3. The van der Waals surface area contributed by atoms with E-state index >= 15 is 0 Å². The van der Waals surface area contributed by atoms with E-state index in [1.165, 1.54) is 14.2 Å². The lowest BCUT2D eigenvalue weighted by atomic mass is 10.0. The average molecular weight is 743 g/mol. The molecule has 160 valence electrons. The van der Waals surface area contributed by atoms with Crippen LogP contribution in [0, 0.1) is 16.6 Å². The molecule has 0 aliphatic carbocycles. The number of nitrogens with zero attached hydrogens (tertiary/aromatic N) is 1. The molecule has 3 amide bonds. The summed E-state index contributed by atoms with van der Waals surface area (Å²) in [6.07, 6.45) is 0. The molecule has 29 heavy (non-hydrogen) atoms. The molecule has 0 radical (unpaired) electrons. The minimum absolute atomic E-state index is 0.00328. The van der Waals surface area contributed by atoms with Crippen molar-refractivity contribution >= 4 is 97.2 Å². The first-order valence-corrected chi connectivity index (χ1v) is 11.4. The molecule has 0 aliphatic heterocycles. The molecule has 0 fully saturated rings. The van der Waals surface area contributed by atoms with Crippen LogP contribution in [-0.2, 0) is 14.3 Å². The lowest BCUT2D eigenvalue weighted by molar-refractivity contribution is -0.129. The highest BCUT2D eigenvalue weighted by Crippen LogP contribution is 2.36. The van der Waals surface area contributed by atoms with Crippen molar-refractivity contribution in [2.45, 2.75) is 19.9 Å². The second-order valence-electron chi connectivity index (χ2n) is 6.33. The number of likely N-dealkylation sites (N-methyl/N-ethyl adjacent to an activating group) is 1. The minimum Gasteiger partial charge on any atom is -0.478 e. The number of carboxylic acid groups (broad SMARTS) is 1. The number of anilines is 1. The number of nitrogens with two attached hydrogens (primary N) is 1. The number of rotatable bonds is 7. The van der Waals surface area contributed by atoms with E-state index in [0.29, 0.717) is 3.57 Å². The number of amides is 3.